The third kappa shape index (κ3) is 4.31. The average Bonchev–Trinajstić information content (AvgIpc) is 3.01. The topological polar surface area (TPSA) is 61.4 Å². The first kappa shape index (κ1) is 17.3. The molecule has 0 aliphatic carbocycles. The minimum atomic E-state index is -0.418. The normalized spacial score (nSPS) is 15.1. The number of carbonyl (C=O) groups excluding carboxylic acids is 2. The Hall–Kier alpha value is -2.53. The summed E-state index contributed by atoms with van der Waals surface area (Å²) in [5, 5.41) is 6.56. The van der Waals surface area contributed by atoms with Crippen molar-refractivity contribution in [3.63, 3.8) is 0 Å². The fraction of sp³-hybridized carbons (Fsp3) is 0.263. The predicted octanol–water partition coefficient (Wildman–Crippen LogP) is 3.91. The standard InChI is InChI=1S/C19H20ClN3O2/c1-13(19(25)22-16-5-2-4-14(20)12-16)21-15-7-9-17(10-8-15)23-11-3-6-18(23)24/h2,4-5,7-10,12-13,21H,3,6,11H2,1H3,(H,22,25)/t13-/m1/s1. The number of hydrogen-bond donors (Lipinski definition) is 2. The molecule has 130 valence electrons. The van der Waals surface area contributed by atoms with Gasteiger partial charge < -0.3 is 15.5 Å². The van der Waals surface area contributed by atoms with Crippen molar-refractivity contribution < 1.29 is 9.59 Å². The fourth-order valence-electron chi connectivity index (χ4n) is 2.79. The van der Waals surface area contributed by atoms with Crippen molar-refractivity contribution in [2.75, 3.05) is 22.1 Å². The van der Waals surface area contributed by atoms with Crippen LogP contribution in [0.15, 0.2) is 48.5 Å². The quantitative estimate of drug-likeness (QED) is 0.853. The van der Waals surface area contributed by atoms with Gasteiger partial charge in [0.25, 0.3) is 0 Å². The Morgan fingerprint density at radius 2 is 1.92 bits per heavy atom. The van der Waals surface area contributed by atoms with E-state index in [1.165, 1.54) is 0 Å². The van der Waals surface area contributed by atoms with Crippen molar-refractivity contribution >= 4 is 40.5 Å². The maximum Gasteiger partial charge on any atom is 0.246 e. The van der Waals surface area contributed by atoms with Crippen molar-refractivity contribution in [2.45, 2.75) is 25.8 Å². The maximum atomic E-state index is 12.3. The molecule has 0 unspecified atom stereocenters. The Morgan fingerprint density at radius 1 is 1.16 bits per heavy atom. The molecule has 0 radical (unpaired) electrons. The molecule has 2 amide bonds. The number of nitrogens with zero attached hydrogens (tertiary/aromatic N) is 1. The van der Waals surface area contributed by atoms with E-state index in [9.17, 15) is 9.59 Å². The summed E-state index contributed by atoms with van der Waals surface area (Å²) < 4.78 is 0. The van der Waals surface area contributed by atoms with E-state index in [4.69, 9.17) is 11.6 Å². The lowest BCUT2D eigenvalue weighted by atomic mass is 10.2. The van der Waals surface area contributed by atoms with Crippen LogP contribution in [0.2, 0.25) is 5.02 Å². The first-order valence-electron chi connectivity index (χ1n) is 8.26. The summed E-state index contributed by atoms with van der Waals surface area (Å²) in [7, 11) is 0. The van der Waals surface area contributed by atoms with Gasteiger partial charge in [-0.3, -0.25) is 9.59 Å². The van der Waals surface area contributed by atoms with Gasteiger partial charge in [-0.2, -0.15) is 0 Å². The van der Waals surface area contributed by atoms with Crippen molar-refractivity contribution in [3.8, 4) is 0 Å². The number of hydrogen-bond acceptors (Lipinski definition) is 3. The molecular formula is C19H20ClN3O2. The minimum Gasteiger partial charge on any atom is -0.374 e. The third-order valence-corrected chi connectivity index (χ3v) is 4.36. The number of carbonyl (C=O) groups is 2. The number of anilines is 3. The molecule has 1 atom stereocenters. The monoisotopic (exact) mass is 357 g/mol. The lowest BCUT2D eigenvalue weighted by Crippen LogP contribution is -2.31. The van der Waals surface area contributed by atoms with E-state index in [1.54, 1.807) is 36.1 Å². The summed E-state index contributed by atoms with van der Waals surface area (Å²) in [4.78, 5) is 25.8. The van der Waals surface area contributed by atoms with Crippen LogP contribution in [0.5, 0.6) is 0 Å². The Labute approximate surface area is 152 Å². The SMILES string of the molecule is C[C@@H](Nc1ccc(N2CCCC2=O)cc1)C(=O)Nc1cccc(Cl)c1. The molecule has 1 aliphatic heterocycles. The van der Waals surface area contributed by atoms with E-state index < -0.39 is 6.04 Å². The highest BCUT2D eigenvalue weighted by atomic mass is 35.5. The van der Waals surface area contributed by atoms with Crippen LogP contribution in [0.4, 0.5) is 17.1 Å². The van der Waals surface area contributed by atoms with Gasteiger partial charge in [0.05, 0.1) is 0 Å². The van der Waals surface area contributed by atoms with Crippen LogP contribution in [0.25, 0.3) is 0 Å². The van der Waals surface area contributed by atoms with Crippen LogP contribution in [0, 0.1) is 0 Å². The molecule has 0 saturated carbocycles. The fourth-order valence-corrected chi connectivity index (χ4v) is 2.98. The largest absolute Gasteiger partial charge is 0.374 e. The molecule has 1 aliphatic rings. The minimum absolute atomic E-state index is 0.152. The van der Waals surface area contributed by atoms with E-state index in [0.29, 0.717) is 17.1 Å². The second-order valence-corrected chi connectivity index (χ2v) is 6.50. The molecule has 6 heteroatoms. The van der Waals surface area contributed by atoms with E-state index in [0.717, 1.165) is 24.3 Å². The molecule has 1 heterocycles. The molecule has 2 N–H and O–H groups in total. The molecule has 5 nitrogen and oxygen atoms in total. The Kier molecular flexibility index (Phi) is 5.24. The van der Waals surface area contributed by atoms with Gasteiger partial charge in [0.2, 0.25) is 11.8 Å². The van der Waals surface area contributed by atoms with Crippen LogP contribution < -0.4 is 15.5 Å². The highest BCUT2D eigenvalue weighted by molar-refractivity contribution is 6.30. The number of benzene rings is 2. The summed E-state index contributed by atoms with van der Waals surface area (Å²) in [5.41, 5.74) is 2.38. The van der Waals surface area contributed by atoms with Gasteiger partial charge in [-0.1, -0.05) is 17.7 Å². The van der Waals surface area contributed by atoms with Gasteiger partial charge in [-0.15, -0.1) is 0 Å². The molecule has 0 aromatic heterocycles. The van der Waals surface area contributed by atoms with Crippen LogP contribution >= 0.6 is 11.6 Å². The number of nitrogens with one attached hydrogen (secondary N) is 2. The van der Waals surface area contributed by atoms with Gasteiger partial charge in [0.1, 0.15) is 6.04 Å². The number of halogens is 1. The second-order valence-electron chi connectivity index (χ2n) is 6.06. The summed E-state index contributed by atoms with van der Waals surface area (Å²) in [5.74, 6) is 0.0102. The van der Waals surface area contributed by atoms with Crippen molar-refractivity contribution in [1.29, 1.82) is 0 Å². The van der Waals surface area contributed by atoms with Gasteiger partial charge in [0.15, 0.2) is 0 Å². The van der Waals surface area contributed by atoms with Gasteiger partial charge in [-0.25, -0.2) is 0 Å². The van der Waals surface area contributed by atoms with Gasteiger partial charge in [-0.05, 0) is 55.8 Å². The molecule has 2 aromatic rings. The summed E-state index contributed by atoms with van der Waals surface area (Å²) in [6, 6.07) is 14.2. The first-order chi connectivity index (χ1) is 12.0. The highest BCUT2D eigenvalue weighted by Crippen LogP contribution is 2.23. The zero-order chi connectivity index (χ0) is 17.8. The maximum absolute atomic E-state index is 12.3. The summed E-state index contributed by atoms with van der Waals surface area (Å²) >= 11 is 5.92. The van der Waals surface area contributed by atoms with E-state index in [1.807, 2.05) is 24.3 Å². The van der Waals surface area contributed by atoms with Crippen LogP contribution in [-0.2, 0) is 9.59 Å². The number of amides is 2. The zero-order valence-electron chi connectivity index (χ0n) is 14.0. The van der Waals surface area contributed by atoms with E-state index in [2.05, 4.69) is 10.6 Å². The first-order valence-corrected chi connectivity index (χ1v) is 8.64. The molecule has 1 fully saturated rings. The van der Waals surface area contributed by atoms with Crippen LogP contribution in [-0.4, -0.2) is 24.4 Å². The second kappa shape index (κ2) is 7.57. The molecule has 3 rings (SSSR count). The Balaban J connectivity index is 1.59. The molecule has 2 aromatic carbocycles. The third-order valence-electron chi connectivity index (χ3n) is 4.12. The van der Waals surface area contributed by atoms with Crippen LogP contribution in [0.3, 0.4) is 0 Å². The van der Waals surface area contributed by atoms with E-state index >= 15 is 0 Å². The van der Waals surface area contributed by atoms with Gasteiger partial charge in [0, 0.05) is 35.1 Å². The summed E-state index contributed by atoms with van der Waals surface area (Å²) in [6.07, 6.45) is 1.51. The van der Waals surface area contributed by atoms with Crippen molar-refractivity contribution in [1.82, 2.24) is 0 Å². The smallest absolute Gasteiger partial charge is 0.246 e. The van der Waals surface area contributed by atoms with E-state index in [-0.39, 0.29) is 11.8 Å². The van der Waals surface area contributed by atoms with Crippen LogP contribution in [0.1, 0.15) is 19.8 Å². The molecule has 1 saturated heterocycles. The van der Waals surface area contributed by atoms with Crippen molar-refractivity contribution in [3.05, 3.63) is 53.6 Å². The predicted molar refractivity (Wildman–Crippen MR) is 101 cm³/mol. The Morgan fingerprint density at radius 3 is 2.56 bits per heavy atom. The number of rotatable bonds is 5. The zero-order valence-corrected chi connectivity index (χ0v) is 14.7. The average molecular weight is 358 g/mol. The summed E-state index contributed by atoms with van der Waals surface area (Å²) in [6.45, 7) is 2.56. The lowest BCUT2D eigenvalue weighted by Gasteiger charge is -2.18. The van der Waals surface area contributed by atoms with Crippen molar-refractivity contribution in [2.24, 2.45) is 0 Å². The highest BCUT2D eigenvalue weighted by Gasteiger charge is 2.21. The molecule has 25 heavy (non-hydrogen) atoms. The molecular weight excluding hydrogens is 338 g/mol. The van der Waals surface area contributed by atoms with Gasteiger partial charge >= 0.3 is 0 Å². The lowest BCUT2D eigenvalue weighted by molar-refractivity contribution is -0.117. The molecule has 0 spiro atoms. The Bertz CT molecular complexity index is 776. The molecule has 0 bridgehead atoms.